The summed E-state index contributed by atoms with van der Waals surface area (Å²) in [6.45, 7) is 1.98. The van der Waals surface area contributed by atoms with Gasteiger partial charge < -0.3 is 10.4 Å². The fourth-order valence-corrected chi connectivity index (χ4v) is 1.44. The number of rotatable bonds is 5. The van der Waals surface area contributed by atoms with Crippen LogP contribution in [-0.4, -0.2) is 17.1 Å². The van der Waals surface area contributed by atoms with Gasteiger partial charge in [-0.2, -0.15) is 0 Å². The zero-order valence-corrected chi connectivity index (χ0v) is 9.53. The standard InChI is InChI=1S/C13H14FNO2/c1-3-5-10(4-2)15-12-7-6-9(13(16)17)8-11(12)14/h2,6-8,10,15H,3,5H2,1H3,(H,16,17). The van der Waals surface area contributed by atoms with Gasteiger partial charge in [-0.05, 0) is 24.6 Å². The van der Waals surface area contributed by atoms with Crippen molar-refractivity contribution in [1.29, 1.82) is 0 Å². The number of halogens is 1. The van der Waals surface area contributed by atoms with Gasteiger partial charge >= 0.3 is 5.97 Å². The summed E-state index contributed by atoms with van der Waals surface area (Å²) >= 11 is 0. The van der Waals surface area contributed by atoms with Crippen molar-refractivity contribution in [2.75, 3.05) is 5.32 Å². The summed E-state index contributed by atoms with van der Waals surface area (Å²) in [7, 11) is 0. The van der Waals surface area contributed by atoms with E-state index in [1.165, 1.54) is 12.1 Å². The van der Waals surface area contributed by atoms with Gasteiger partial charge in [-0.25, -0.2) is 9.18 Å². The Labute approximate surface area is 99.7 Å². The molecular weight excluding hydrogens is 221 g/mol. The van der Waals surface area contributed by atoms with Crippen LogP contribution in [0.2, 0.25) is 0 Å². The predicted octanol–water partition coefficient (Wildman–Crippen LogP) is 2.74. The van der Waals surface area contributed by atoms with Crippen LogP contribution >= 0.6 is 0 Å². The number of carboxylic acids is 1. The van der Waals surface area contributed by atoms with Crippen LogP contribution in [0.3, 0.4) is 0 Å². The molecule has 0 fully saturated rings. The minimum absolute atomic E-state index is 0.0826. The molecule has 1 atom stereocenters. The molecule has 0 amide bonds. The Bertz CT molecular complexity index is 451. The number of terminal acetylenes is 1. The average molecular weight is 235 g/mol. The number of anilines is 1. The molecule has 0 saturated carbocycles. The highest BCUT2D eigenvalue weighted by Gasteiger charge is 2.10. The van der Waals surface area contributed by atoms with Crippen LogP contribution in [0.15, 0.2) is 18.2 Å². The quantitative estimate of drug-likeness (QED) is 0.771. The van der Waals surface area contributed by atoms with Crippen molar-refractivity contribution in [3.8, 4) is 12.3 Å². The predicted molar refractivity (Wildman–Crippen MR) is 64.5 cm³/mol. The molecule has 0 aliphatic carbocycles. The summed E-state index contributed by atoms with van der Waals surface area (Å²) in [6.07, 6.45) is 6.92. The Balaban J connectivity index is 2.86. The zero-order chi connectivity index (χ0) is 12.8. The van der Waals surface area contributed by atoms with Crippen molar-refractivity contribution in [3.63, 3.8) is 0 Å². The van der Waals surface area contributed by atoms with Crippen molar-refractivity contribution in [3.05, 3.63) is 29.6 Å². The Hall–Kier alpha value is -2.02. The number of carboxylic acid groups (broad SMARTS) is 1. The van der Waals surface area contributed by atoms with Crippen LogP contribution in [0.1, 0.15) is 30.1 Å². The lowest BCUT2D eigenvalue weighted by atomic mass is 10.1. The fraction of sp³-hybridized carbons (Fsp3) is 0.308. The van der Waals surface area contributed by atoms with Crippen LogP contribution in [0.4, 0.5) is 10.1 Å². The van der Waals surface area contributed by atoms with Gasteiger partial charge in [-0.15, -0.1) is 6.42 Å². The van der Waals surface area contributed by atoms with E-state index in [2.05, 4.69) is 11.2 Å². The van der Waals surface area contributed by atoms with Crippen LogP contribution in [0.5, 0.6) is 0 Å². The maximum absolute atomic E-state index is 13.6. The highest BCUT2D eigenvalue weighted by molar-refractivity contribution is 5.88. The second kappa shape index (κ2) is 5.90. The SMILES string of the molecule is C#CC(CCC)Nc1ccc(C(=O)O)cc1F. The minimum Gasteiger partial charge on any atom is -0.478 e. The Kier molecular flexibility index (Phi) is 4.53. The van der Waals surface area contributed by atoms with Crippen molar-refractivity contribution in [1.82, 2.24) is 0 Å². The van der Waals surface area contributed by atoms with E-state index in [1.54, 1.807) is 0 Å². The molecule has 0 spiro atoms. The van der Waals surface area contributed by atoms with Crippen LogP contribution in [0, 0.1) is 18.2 Å². The van der Waals surface area contributed by atoms with Crippen LogP contribution in [0.25, 0.3) is 0 Å². The molecule has 17 heavy (non-hydrogen) atoms. The second-order valence-electron chi connectivity index (χ2n) is 3.65. The maximum Gasteiger partial charge on any atom is 0.335 e. The monoisotopic (exact) mass is 235 g/mol. The second-order valence-corrected chi connectivity index (χ2v) is 3.65. The van der Waals surface area contributed by atoms with E-state index >= 15 is 0 Å². The van der Waals surface area contributed by atoms with E-state index < -0.39 is 11.8 Å². The lowest BCUT2D eigenvalue weighted by Gasteiger charge is -2.14. The number of benzene rings is 1. The third-order valence-electron chi connectivity index (χ3n) is 2.32. The highest BCUT2D eigenvalue weighted by atomic mass is 19.1. The molecule has 0 aliphatic heterocycles. The molecule has 1 rings (SSSR count). The first-order chi connectivity index (χ1) is 8.08. The Morgan fingerprint density at radius 2 is 2.35 bits per heavy atom. The summed E-state index contributed by atoms with van der Waals surface area (Å²) in [5.41, 5.74) is 0.146. The Morgan fingerprint density at radius 1 is 1.65 bits per heavy atom. The van der Waals surface area contributed by atoms with Crippen LogP contribution in [-0.2, 0) is 0 Å². The molecule has 0 aromatic heterocycles. The average Bonchev–Trinajstić information content (AvgIpc) is 2.30. The number of nitrogens with one attached hydrogen (secondary N) is 1. The highest BCUT2D eigenvalue weighted by Crippen LogP contribution is 2.17. The molecule has 90 valence electrons. The number of aromatic carboxylic acids is 1. The molecule has 0 radical (unpaired) electrons. The summed E-state index contributed by atoms with van der Waals surface area (Å²) < 4.78 is 13.6. The van der Waals surface area contributed by atoms with Crippen LogP contribution < -0.4 is 5.32 Å². The third kappa shape index (κ3) is 3.49. The maximum atomic E-state index is 13.6. The molecule has 0 heterocycles. The lowest BCUT2D eigenvalue weighted by Crippen LogP contribution is -2.17. The molecule has 1 unspecified atom stereocenters. The molecule has 1 aromatic rings. The van der Waals surface area contributed by atoms with E-state index in [4.69, 9.17) is 11.5 Å². The number of carbonyl (C=O) groups is 1. The van der Waals surface area contributed by atoms with E-state index in [0.717, 1.165) is 18.9 Å². The third-order valence-corrected chi connectivity index (χ3v) is 2.32. The molecule has 0 bridgehead atoms. The molecule has 3 nitrogen and oxygen atoms in total. The van der Waals surface area contributed by atoms with Crippen molar-refractivity contribution < 1.29 is 14.3 Å². The first-order valence-electron chi connectivity index (χ1n) is 5.34. The molecule has 0 saturated heterocycles. The molecule has 1 aromatic carbocycles. The van der Waals surface area contributed by atoms with Gasteiger partial charge in [0.1, 0.15) is 5.82 Å². The number of hydrogen-bond acceptors (Lipinski definition) is 2. The van der Waals surface area contributed by atoms with Gasteiger partial charge in [0.15, 0.2) is 0 Å². The molecule has 2 N–H and O–H groups in total. The summed E-state index contributed by atoms with van der Waals surface area (Å²) in [5.74, 6) is 0.757. The van der Waals surface area contributed by atoms with Crippen molar-refractivity contribution >= 4 is 11.7 Å². The van der Waals surface area contributed by atoms with Gasteiger partial charge in [0.25, 0.3) is 0 Å². The largest absolute Gasteiger partial charge is 0.478 e. The van der Waals surface area contributed by atoms with E-state index in [1.807, 2.05) is 6.92 Å². The van der Waals surface area contributed by atoms with Gasteiger partial charge in [0.2, 0.25) is 0 Å². The van der Waals surface area contributed by atoms with E-state index in [0.29, 0.717) is 0 Å². The zero-order valence-electron chi connectivity index (χ0n) is 9.53. The first kappa shape index (κ1) is 13.0. The normalized spacial score (nSPS) is 11.6. The fourth-order valence-electron chi connectivity index (χ4n) is 1.44. The van der Waals surface area contributed by atoms with Gasteiger partial charge in [-0.1, -0.05) is 19.3 Å². The van der Waals surface area contributed by atoms with Gasteiger partial charge in [0.05, 0.1) is 17.3 Å². The Morgan fingerprint density at radius 3 is 2.82 bits per heavy atom. The summed E-state index contributed by atoms with van der Waals surface area (Å²) in [5, 5.41) is 11.6. The summed E-state index contributed by atoms with van der Waals surface area (Å²) in [6, 6.07) is 3.46. The van der Waals surface area contributed by atoms with Crippen molar-refractivity contribution in [2.24, 2.45) is 0 Å². The van der Waals surface area contributed by atoms with Gasteiger partial charge in [0, 0.05) is 0 Å². The lowest BCUT2D eigenvalue weighted by molar-refractivity contribution is 0.0696. The molecular formula is C13H14FNO2. The molecule has 4 heteroatoms. The van der Waals surface area contributed by atoms with E-state index in [9.17, 15) is 9.18 Å². The first-order valence-corrected chi connectivity index (χ1v) is 5.34. The minimum atomic E-state index is -1.16. The summed E-state index contributed by atoms with van der Waals surface area (Å²) in [4.78, 5) is 10.6. The smallest absolute Gasteiger partial charge is 0.335 e. The topological polar surface area (TPSA) is 49.3 Å². The number of hydrogen-bond donors (Lipinski definition) is 2. The van der Waals surface area contributed by atoms with Gasteiger partial charge in [-0.3, -0.25) is 0 Å². The molecule has 0 aliphatic rings. The van der Waals surface area contributed by atoms with E-state index in [-0.39, 0.29) is 17.3 Å². The van der Waals surface area contributed by atoms with Crippen molar-refractivity contribution in [2.45, 2.75) is 25.8 Å².